The minimum atomic E-state index is -0.119. The summed E-state index contributed by atoms with van der Waals surface area (Å²) in [7, 11) is 0. The molecule has 0 fully saturated rings. The Balaban J connectivity index is 1.74. The summed E-state index contributed by atoms with van der Waals surface area (Å²) in [6.07, 6.45) is 2.66. The van der Waals surface area contributed by atoms with Crippen LogP contribution in [0.3, 0.4) is 0 Å². The van der Waals surface area contributed by atoms with Crippen molar-refractivity contribution in [2.45, 2.75) is 12.5 Å². The first kappa shape index (κ1) is 13.0. The van der Waals surface area contributed by atoms with Gasteiger partial charge in [0.1, 0.15) is 6.04 Å². The van der Waals surface area contributed by atoms with Crippen molar-refractivity contribution in [1.82, 2.24) is 5.32 Å². The van der Waals surface area contributed by atoms with E-state index >= 15 is 0 Å². The number of rotatable bonds is 6. The van der Waals surface area contributed by atoms with Gasteiger partial charge in [0.25, 0.3) is 0 Å². The maximum absolute atomic E-state index is 11.9. The second kappa shape index (κ2) is 6.50. The summed E-state index contributed by atoms with van der Waals surface area (Å²) in [5, 5.41) is 6.21. The van der Waals surface area contributed by atoms with Crippen LogP contribution in [0.1, 0.15) is 5.56 Å². The molecule has 1 amide bonds. The molecule has 2 rings (SSSR count). The molecule has 3 nitrogen and oxygen atoms in total. The van der Waals surface area contributed by atoms with Crippen LogP contribution in [0.4, 0.5) is 5.69 Å². The lowest BCUT2D eigenvalue weighted by molar-refractivity contribution is -0.121. The molecule has 1 aliphatic heterocycles. The first-order chi connectivity index (χ1) is 8.81. The Hall–Kier alpha value is -1.42. The largest absolute Gasteiger partial charge is 0.373 e. The predicted octanol–water partition coefficient (Wildman–Crippen LogP) is 2.06. The number of benzene rings is 1. The third-order valence-electron chi connectivity index (χ3n) is 2.87. The molecule has 1 heterocycles. The van der Waals surface area contributed by atoms with Gasteiger partial charge >= 0.3 is 0 Å². The molecular formula is C14H18N2OS. The molecule has 0 spiro atoms. The van der Waals surface area contributed by atoms with Gasteiger partial charge in [-0.15, -0.1) is 6.58 Å². The monoisotopic (exact) mass is 262 g/mol. The average molecular weight is 262 g/mol. The standard InChI is InChI=1S/C14H18N2OS/c1-2-8-18-9-7-15-14(17)13-10-11-5-3-4-6-12(11)16-13/h2-6,13,16H,1,7-10H2,(H,15,17)/t13-/m0/s1. The molecule has 1 atom stereocenters. The van der Waals surface area contributed by atoms with Gasteiger partial charge in [0, 0.05) is 30.2 Å². The molecule has 1 aromatic rings. The number of fused-ring (bicyclic) bond motifs is 1. The van der Waals surface area contributed by atoms with Gasteiger partial charge in [-0.05, 0) is 11.6 Å². The highest BCUT2D eigenvalue weighted by molar-refractivity contribution is 7.99. The fourth-order valence-electron chi connectivity index (χ4n) is 1.99. The molecule has 0 aliphatic carbocycles. The lowest BCUT2D eigenvalue weighted by atomic mass is 10.1. The first-order valence-electron chi connectivity index (χ1n) is 6.12. The van der Waals surface area contributed by atoms with Gasteiger partial charge in [0.2, 0.25) is 5.91 Å². The molecule has 0 bridgehead atoms. The molecule has 4 heteroatoms. The minimum absolute atomic E-state index is 0.0883. The van der Waals surface area contributed by atoms with E-state index in [-0.39, 0.29) is 11.9 Å². The van der Waals surface area contributed by atoms with Crippen LogP contribution in [0, 0.1) is 0 Å². The van der Waals surface area contributed by atoms with Gasteiger partial charge in [-0.3, -0.25) is 4.79 Å². The van der Waals surface area contributed by atoms with Crippen molar-refractivity contribution in [1.29, 1.82) is 0 Å². The highest BCUT2D eigenvalue weighted by Gasteiger charge is 2.25. The number of anilines is 1. The van der Waals surface area contributed by atoms with Gasteiger partial charge in [0.05, 0.1) is 0 Å². The van der Waals surface area contributed by atoms with Crippen molar-refractivity contribution in [3.63, 3.8) is 0 Å². The van der Waals surface area contributed by atoms with Gasteiger partial charge in [-0.1, -0.05) is 24.3 Å². The van der Waals surface area contributed by atoms with Crippen molar-refractivity contribution in [2.75, 3.05) is 23.4 Å². The van der Waals surface area contributed by atoms with Crippen molar-refractivity contribution in [3.8, 4) is 0 Å². The fourth-order valence-corrected chi connectivity index (χ4v) is 2.57. The maximum Gasteiger partial charge on any atom is 0.242 e. The van der Waals surface area contributed by atoms with Crippen molar-refractivity contribution in [2.24, 2.45) is 0 Å². The molecule has 96 valence electrons. The van der Waals surface area contributed by atoms with Crippen LogP contribution >= 0.6 is 11.8 Å². The van der Waals surface area contributed by atoms with E-state index in [9.17, 15) is 4.79 Å². The summed E-state index contributed by atoms with van der Waals surface area (Å²) in [5.41, 5.74) is 2.30. The third-order valence-corrected chi connectivity index (χ3v) is 3.83. The summed E-state index contributed by atoms with van der Waals surface area (Å²) < 4.78 is 0. The van der Waals surface area contributed by atoms with Crippen molar-refractivity contribution >= 4 is 23.4 Å². The van der Waals surface area contributed by atoms with Crippen LogP contribution in [0.25, 0.3) is 0 Å². The van der Waals surface area contributed by atoms with E-state index in [2.05, 4.69) is 23.3 Å². The Morgan fingerprint density at radius 1 is 1.56 bits per heavy atom. The lowest BCUT2D eigenvalue weighted by Crippen LogP contribution is -2.39. The number of nitrogens with one attached hydrogen (secondary N) is 2. The number of para-hydroxylation sites is 1. The van der Waals surface area contributed by atoms with E-state index in [1.807, 2.05) is 24.3 Å². The molecule has 0 aromatic heterocycles. The van der Waals surface area contributed by atoms with Gasteiger partial charge in [0.15, 0.2) is 0 Å². The highest BCUT2D eigenvalue weighted by Crippen LogP contribution is 2.24. The second-order valence-corrected chi connectivity index (χ2v) is 5.36. The number of carbonyl (C=O) groups excluding carboxylic acids is 1. The molecule has 0 saturated heterocycles. The van der Waals surface area contributed by atoms with Crippen LogP contribution < -0.4 is 10.6 Å². The summed E-state index contributed by atoms with van der Waals surface area (Å²) in [4.78, 5) is 11.9. The molecule has 0 saturated carbocycles. The molecule has 2 N–H and O–H groups in total. The Bertz CT molecular complexity index is 409. The first-order valence-corrected chi connectivity index (χ1v) is 7.27. The topological polar surface area (TPSA) is 41.1 Å². The van der Waals surface area contributed by atoms with Crippen LogP contribution in [0.5, 0.6) is 0 Å². The van der Waals surface area contributed by atoms with E-state index < -0.39 is 0 Å². The molecular weight excluding hydrogens is 244 g/mol. The van der Waals surface area contributed by atoms with E-state index in [1.165, 1.54) is 5.56 Å². The molecule has 18 heavy (non-hydrogen) atoms. The molecule has 0 radical (unpaired) electrons. The smallest absolute Gasteiger partial charge is 0.242 e. The summed E-state index contributed by atoms with van der Waals surface area (Å²) in [5.74, 6) is 1.95. The highest BCUT2D eigenvalue weighted by atomic mass is 32.2. The van der Waals surface area contributed by atoms with E-state index in [0.29, 0.717) is 6.54 Å². The quantitative estimate of drug-likeness (QED) is 0.609. The van der Waals surface area contributed by atoms with Crippen LogP contribution in [0.15, 0.2) is 36.9 Å². The number of thioether (sulfide) groups is 1. The Kier molecular flexibility index (Phi) is 4.70. The summed E-state index contributed by atoms with van der Waals surface area (Å²) >= 11 is 1.77. The Morgan fingerprint density at radius 2 is 2.39 bits per heavy atom. The zero-order valence-electron chi connectivity index (χ0n) is 10.3. The fraction of sp³-hybridized carbons (Fsp3) is 0.357. The lowest BCUT2D eigenvalue weighted by Gasteiger charge is -2.11. The Morgan fingerprint density at radius 3 is 3.17 bits per heavy atom. The maximum atomic E-state index is 11.9. The van der Waals surface area contributed by atoms with E-state index in [4.69, 9.17) is 0 Å². The number of hydrogen-bond donors (Lipinski definition) is 2. The minimum Gasteiger partial charge on any atom is -0.373 e. The Labute approximate surface area is 112 Å². The molecule has 1 aromatic carbocycles. The van der Waals surface area contributed by atoms with Gasteiger partial charge in [-0.25, -0.2) is 0 Å². The van der Waals surface area contributed by atoms with Gasteiger partial charge in [-0.2, -0.15) is 11.8 Å². The zero-order chi connectivity index (χ0) is 12.8. The molecule has 1 aliphatic rings. The van der Waals surface area contributed by atoms with Gasteiger partial charge < -0.3 is 10.6 Å². The second-order valence-electron chi connectivity index (χ2n) is 4.21. The van der Waals surface area contributed by atoms with Crippen LogP contribution in [-0.2, 0) is 11.2 Å². The number of hydrogen-bond acceptors (Lipinski definition) is 3. The van der Waals surface area contributed by atoms with Crippen molar-refractivity contribution < 1.29 is 4.79 Å². The number of amides is 1. The van der Waals surface area contributed by atoms with E-state index in [1.54, 1.807) is 11.8 Å². The van der Waals surface area contributed by atoms with Crippen molar-refractivity contribution in [3.05, 3.63) is 42.5 Å². The number of carbonyl (C=O) groups is 1. The van der Waals surface area contributed by atoms with Crippen LogP contribution in [0.2, 0.25) is 0 Å². The average Bonchev–Trinajstić information content (AvgIpc) is 2.82. The predicted molar refractivity (Wildman–Crippen MR) is 78.1 cm³/mol. The summed E-state index contributed by atoms with van der Waals surface area (Å²) in [6.45, 7) is 4.38. The zero-order valence-corrected chi connectivity index (χ0v) is 11.1. The summed E-state index contributed by atoms with van der Waals surface area (Å²) in [6, 6.07) is 7.95. The third kappa shape index (κ3) is 3.29. The van der Waals surface area contributed by atoms with E-state index in [0.717, 1.165) is 23.6 Å². The SMILES string of the molecule is C=CCSCCNC(=O)[C@@H]1Cc2ccccc2N1. The molecule has 0 unspecified atom stereocenters. The normalized spacial score (nSPS) is 16.8. The van der Waals surface area contributed by atoms with Crippen LogP contribution in [-0.4, -0.2) is 30.0 Å².